The normalized spacial score (nSPS) is 23.8. The molecule has 3 atom stereocenters. The lowest BCUT2D eigenvalue weighted by molar-refractivity contribution is -0.169. The zero-order valence-electron chi connectivity index (χ0n) is 14.3. The van der Waals surface area contributed by atoms with E-state index in [1.54, 1.807) is 6.92 Å². The third kappa shape index (κ3) is 3.51. The molecule has 1 aromatic rings. The van der Waals surface area contributed by atoms with Gasteiger partial charge < -0.3 is 14.6 Å². The van der Waals surface area contributed by atoms with Crippen molar-refractivity contribution in [1.29, 1.82) is 0 Å². The van der Waals surface area contributed by atoms with Gasteiger partial charge in [0.1, 0.15) is 0 Å². The number of carbonyl (C=O) groups excluding carboxylic acids is 2. The number of hydrogen-bond acceptors (Lipinski definition) is 5. The predicted molar refractivity (Wildman–Crippen MR) is 89.8 cm³/mol. The van der Waals surface area contributed by atoms with Crippen LogP contribution in [0.2, 0.25) is 0 Å². The second-order valence-electron chi connectivity index (χ2n) is 6.31. The van der Waals surface area contributed by atoms with Crippen molar-refractivity contribution in [3.63, 3.8) is 0 Å². The van der Waals surface area contributed by atoms with Gasteiger partial charge in [0.05, 0.1) is 20.3 Å². The fourth-order valence-electron chi connectivity index (χ4n) is 3.54. The highest BCUT2D eigenvalue weighted by Gasteiger charge is 2.57. The van der Waals surface area contributed by atoms with Gasteiger partial charge in [0, 0.05) is 0 Å². The molecule has 0 spiro atoms. The van der Waals surface area contributed by atoms with Gasteiger partial charge in [-0.15, -0.1) is 0 Å². The third-order valence-electron chi connectivity index (χ3n) is 4.83. The first-order valence-corrected chi connectivity index (χ1v) is 8.02. The molecule has 0 bridgehead atoms. The van der Waals surface area contributed by atoms with Crippen molar-refractivity contribution in [2.24, 2.45) is 17.3 Å². The average Bonchev–Trinajstić information content (AvgIpc) is 3.00. The fourth-order valence-corrected chi connectivity index (χ4v) is 3.54. The number of aliphatic hydroxyl groups excluding tert-OH is 1. The van der Waals surface area contributed by atoms with E-state index in [4.69, 9.17) is 9.47 Å². The van der Waals surface area contributed by atoms with Crippen LogP contribution in [-0.2, 0) is 19.1 Å². The van der Waals surface area contributed by atoms with Gasteiger partial charge >= 0.3 is 11.9 Å². The van der Waals surface area contributed by atoms with Crippen molar-refractivity contribution in [3.8, 4) is 0 Å². The first kappa shape index (κ1) is 18.2. The lowest BCUT2D eigenvalue weighted by Gasteiger charge is -2.23. The molecule has 1 aliphatic rings. The second kappa shape index (κ2) is 7.62. The van der Waals surface area contributed by atoms with E-state index in [0.29, 0.717) is 0 Å². The number of aliphatic hydroxyl groups is 1. The summed E-state index contributed by atoms with van der Waals surface area (Å²) in [5.41, 5.74) is -0.327. The Bertz CT molecular complexity index is 589. The molecule has 1 aliphatic carbocycles. The summed E-state index contributed by atoms with van der Waals surface area (Å²) >= 11 is 0. The molecule has 1 aromatic carbocycles. The Hall–Kier alpha value is -2.14. The topological polar surface area (TPSA) is 72.8 Å². The van der Waals surface area contributed by atoms with E-state index in [1.807, 2.05) is 42.5 Å². The summed E-state index contributed by atoms with van der Waals surface area (Å²) in [4.78, 5) is 24.6. The Labute approximate surface area is 142 Å². The summed E-state index contributed by atoms with van der Waals surface area (Å²) in [5, 5.41) is 10.1. The van der Waals surface area contributed by atoms with Crippen molar-refractivity contribution in [2.45, 2.75) is 25.9 Å². The Balaban J connectivity index is 2.31. The minimum Gasteiger partial charge on any atom is -0.468 e. The van der Waals surface area contributed by atoms with Crippen molar-refractivity contribution >= 4 is 18.0 Å². The van der Waals surface area contributed by atoms with Crippen molar-refractivity contribution in [1.82, 2.24) is 0 Å². The van der Waals surface area contributed by atoms with Crippen molar-refractivity contribution in [3.05, 3.63) is 42.0 Å². The van der Waals surface area contributed by atoms with Crippen molar-refractivity contribution < 1.29 is 24.2 Å². The number of ether oxygens (including phenoxy) is 2. The molecule has 1 fully saturated rings. The third-order valence-corrected chi connectivity index (χ3v) is 4.83. The molecule has 0 aromatic heterocycles. The number of rotatable bonds is 5. The molecule has 130 valence electrons. The highest BCUT2D eigenvalue weighted by molar-refractivity contribution is 6.00. The van der Waals surface area contributed by atoms with Gasteiger partial charge in [-0.1, -0.05) is 42.5 Å². The lowest BCUT2D eigenvalue weighted by atomic mass is 9.84. The van der Waals surface area contributed by atoms with Gasteiger partial charge in [-0.25, -0.2) is 0 Å². The summed E-state index contributed by atoms with van der Waals surface area (Å²) < 4.78 is 9.71. The van der Waals surface area contributed by atoms with Crippen LogP contribution < -0.4 is 0 Å². The number of allylic oxidation sites excluding steroid dienone is 1. The molecular formula is C19H24O5. The van der Waals surface area contributed by atoms with E-state index >= 15 is 0 Å². The monoisotopic (exact) mass is 332 g/mol. The maximum atomic E-state index is 12.3. The van der Waals surface area contributed by atoms with E-state index in [1.165, 1.54) is 14.2 Å². The largest absolute Gasteiger partial charge is 0.468 e. The summed E-state index contributed by atoms with van der Waals surface area (Å²) in [6.07, 6.45) is 3.75. The number of methoxy groups -OCH3 is 2. The van der Waals surface area contributed by atoms with Crippen LogP contribution in [-0.4, -0.2) is 37.4 Å². The van der Waals surface area contributed by atoms with Crippen molar-refractivity contribution in [2.75, 3.05) is 14.2 Å². The molecule has 0 aliphatic heterocycles. The maximum Gasteiger partial charge on any atom is 0.323 e. The van der Waals surface area contributed by atoms with Crippen LogP contribution >= 0.6 is 0 Å². The number of esters is 2. The van der Waals surface area contributed by atoms with Crippen LogP contribution in [0.4, 0.5) is 0 Å². The molecule has 1 unspecified atom stereocenters. The maximum absolute atomic E-state index is 12.3. The molecular weight excluding hydrogens is 308 g/mol. The average molecular weight is 332 g/mol. The molecule has 1 saturated carbocycles. The van der Waals surface area contributed by atoms with Gasteiger partial charge in [0.15, 0.2) is 5.41 Å². The van der Waals surface area contributed by atoms with Crippen LogP contribution in [0, 0.1) is 17.3 Å². The van der Waals surface area contributed by atoms with Crippen LogP contribution in [0.1, 0.15) is 25.3 Å². The fraction of sp³-hybridized carbons (Fsp3) is 0.474. The van der Waals surface area contributed by atoms with Gasteiger partial charge in [0.2, 0.25) is 0 Å². The predicted octanol–water partition coefficient (Wildman–Crippen LogP) is 2.44. The van der Waals surface area contributed by atoms with Gasteiger partial charge in [-0.3, -0.25) is 9.59 Å². The van der Waals surface area contributed by atoms with E-state index in [-0.39, 0.29) is 24.7 Å². The summed E-state index contributed by atoms with van der Waals surface area (Å²) in [6.45, 7) is 1.68. The first-order chi connectivity index (χ1) is 11.4. The van der Waals surface area contributed by atoms with E-state index in [2.05, 4.69) is 0 Å². The molecule has 0 heterocycles. The quantitative estimate of drug-likeness (QED) is 0.662. The van der Waals surface area contributed by atoms with Gasteiger partial charge in [-0.05, 0) is 37.2 Å². The SMILES string of the molecule is COC(=O)C1(C(=O)OC)C[C@@H](/C=C/c2ccccc2)[C@H](C(C)O)C1. The number of hydrogen-bond donors (Lipinski definition) is 1. The Kier molecular flexibility index (Phi) is 5.78. The zero-order valence-corrected chi connectivity index (χ0v) is 14.3. The molecule has 0 saturated heterocycles. The van der Waals surface area contributed by atoms with E-state index in [9.17, 15) is 14.7 Å². The van der Waals surface area contributed by atoms with Gasteiger partial charge in [0.25, 0.3) is 0 Å². The van der Waals surface area contributed by atoms with Gasteiger partial charge in [-0.2, -0.15) is 0 Å². The molecule has 1 N–H and O–H groups in total. The summed E-state index contributed by atoms with van der Waals surface area (Å²) in [7, 11) is 2.52. The number of benzene rings is 1. The van der Waals surface area contributed by atoms with E-state index in [0.717, 1.165) is 5.56 Å². The van der Waals surface area contributed by atoms with E-state index < -0.39 is 23.5 Å². The first-order valence-electron chi connectivity index (χ1n) is 8.02. The molecule has 0 amide bonds. The van der Waals surface area contributed by atoms with Crippen LogP contribution in [0.3, 0.4) is 0 Å². The Morgan fingerprint density at radius 3 is 2.25 bits per heavy atom. The summed E-state index contributed by atoms with van der Waals surface area (Å²) in [5.74, 6) is -1.54. The highest BCUT2D eigenvalue weighted by atomic mass is 16.5. The van der Waals surface area contributed by atoms with Crippen LogP contribution in [0.25, 0.3) is 6.08 Å². The minimum atomic E-state index is -1.35. The summed E-state index contributed by atoms with van der Waals surface area (Å²) in [6, 6.07) is 9.75. The lowest BCUT2D eigenvalue weighted by Crippen LogP contribution is -2.39. The molecule has 5 heteroatoms. The Morgan fingerprint density at radius 1 is 1.17 bits per heavy atom. The minimum absolute atomic E-state index is 0.122. The molecule has 5 nitrogen and oxygen atoms in total. The zero-order chi connectivity index (χ0) is 17.7. The molecule has 2 rings (SSSR count). The van der Waals surface area contributed by atoms with Crippen LogP contribution in [0.5, 0.6) is 0 Å². The second-order valence-corrected chi connectivity index (χ2v) is 6.31. The Morgan fingerprint density at radius 2 is 1.75 bits per heavy atom. The molecule has 24 heavy (non-hydrogen) atoms. The molecule has 0 radical (unpaired) electrons. The number of carbonyl (C=O) groups is 2. The van der Waals surface area contributed by atoms with Crippen LogP contribution in [0.15, 0.2) is 36.4 Å². The standard InChI is InChI=1S/C19H24O5/c1-13(20)16-12-19(17(21)23-2,18(22)24-3)11-15(16)10-9-14-7-5-4-6-8-14/h4-10,13,15-16,20H,11-12H2,1-3H3/b10-9+/t13?,15-,16+/m1/s1. The highest BCUT2D eigenvalue weighted by Crippen LogP contribution is 2.49. The smallest absolute Gasteiger partial charge is 0.323 e.